The summed E-state index contributed by atoms with van der Waals surface area (Å²) in [6.07, 6.45) is 1.62. The van der Waals surface area contributed by atoms with Crippen LogP contribution in [-0.4, -0.2) is 17.5 Å². The number of pyridine rings is 1. The van der Waals surface area contributed by atoms with Crippen molar-refractivity contribution in [3.63, 3.8) is 0 Å². The molecule has 0 aliphatic carbocycles. The van der Waals surface area contributed by atoms with Gasteiger partial charge in [-0.1, -0.05) is 6.07 Å². The average molecular weight is 361 g/mol. The van der Waals surface area contributed by atoms with E-state index in [1.165, 1.54) is 5.56 Å². The number of hydrogen-bond donors (Lipinski definition) is 2. The van der Waals surface area contributed by atoms with Gasteiger partial charge in [0.25, 0.3) is 5.91 Å². The third kappa shape index (κ3) is 4.85. The molecule has 0 radical (unpaired) electrons. The summed E-state index contributed by atoms with van der Waals surface area (Å²) < 4.78 is 5.44. The van der Waals surface area contributed by atoms with Crippen molar-refractivity contribution >= 4 is 23.1 Å². The Morgan fingerprint density at radius 1 is 0.963 bits per heavy atom. The fraction of sp³-hybridized carbons (Fsp3) is 0.182. The minimum Gasteiger partial charge on any atom is -0.494 e. The number of ether oxygens (including phenoxy) is 1. The van der Waals surface area contributed by atoms with E-state index in [0.29, 0.717) is 18.0 Å². The van der Waals surface area contributed by atoms with Crippen molar-refractivity contribution in [3.8, 4) is 5.75 Å². The highest BCUT2D eigenvalue weighted by Gasteiger charge is 2.08. The van der Waals surface area contributed by atoms with E-state index in [4.69, 9.17) is 4.74 Å². The topological polar surface area (TPSA) is 63.2 Å². The predicted octanol–water partition coefficient (Wildman–Crippen LogP) is 5.09. The molecule has 0 bridgehead atoms. The van der Waals surface area contributed by atoms with Crippen LogP contribution in [0.4, 0.5) is 17.2 Å². The number of carbonyl (C=O) groups is 1. The van der Waals surface area contributed by atoms with Crippen LogP contribution in [0, 0.1) is 13.8 Å². The summed E-state index contributed by atoms with van der Waals surface area (Å²) in [5.74, 6) is 1.25. The number of nitrogens with zero attached hydrogens (tertiary/aromatic N) is 1. The van der Waals surface area contributed by atoms with Gasteiger partial charge in [-0.15, -0.1) is 0 Å². The number of hydrogen-bond acceptors (Lipinski definition) is 4. The van der Waals surface area contributed by atoms with Crippen molar-refractivity contribution in [1.29, 1.82) is 0 Å². The van der Waals surface area contributed by atoms with E-state index in [1.807, 2.05) is 63.2 Å². The lowest BCUT2D eigenvalue weighted by Crippen LogP contribution is -2.12. The fourth-order valence-corrected chi connectivity index (χ4v) is 2.61. The van der Waals surface area contributed by atoms with Gasteiger partial charge in [0.2, 0.25) is 0 Å². The van der Waals surface area contributed by atoms with Crippen molar-refractivity contribution in [2.24, 2.45) is 0 Å². The molecule has 0 saturated carbocycles. The Labute approximate surface area is 159 Å². The summed E-state index contributed by atoms with van der Waals surface area (Å²) in [4.78, 5) is 16.8. The fourth-order valence-electron chi connectivity index (χ4n) is 2.61. The van der Waals surface area contributed by atoms with E-state index in [0.717, 1.165) is 22.7 Å². The first-order valence-electron chi connectivity index (χ1n) is 8.89. The Morgan fingerprint density at radius 2 is 1.70 bits per heavy atom. The molecule has 0 aliphatic rings. The molecule has 1 heterocycles. The minimum absolute atomic E-state index is 0.171. The van der Waals surface area contributed by atoms with E-state index in [9.17, 15) is 4.79 Å². The molecule has 138 valence electrons. The van der Waals surface area contributed by atoms with Crippen LogP contribution in [0.3, 0.4) is 0 Å². The lowest BCUT2D eigenvalue weighted by atomic mass is 10.1. The molecule has 0 unspecified atom stereocenters. The molecule has 0 atom stereocenters. The van der Waals surface area contributed by atoms with Crippen LogP contribution in [0.1, 0.15) is 28.4 Å². The molecule has 0 spiro atoms. The second-order valence-electron chi connectivity index (χ2n) is 6.27. The zero-order chi connectivity index (χ0) is 19.2. The third-order valence-electron chi connectivity index (χ3n) is 4.22. The summed E-state index contributed by atoms with van der Waals surface area (Å²) in [6.45, 7) is 6.65. The lowest BCUT2D eigenvalue weighted by Gasteiger charge is -2.10. The summed E-state index contributed by atoms with van der Waals surface area (Å²) >= 11 is 0. The normalized spacial score (nSPS) is 10.3. The second-order valence-corrected chi connectivity index (χ2v) is 6.27. The molecule has 2 aromatic carbocycles. The molecular weight excluding hydrogens is 338 g/mol. The van der Waals surface area contributed by atoms with Crippen molar-refractivity contribution in [2.45, 2.75) is 20.8 Å². The third-order valence-corrected chi connectivity index (χ3v) is 4.22. The molecule has 0 aliphatic heterocycles. The van der Waals surface area contributed by atoms with Gasteiger partial charge in [-0.2, -0.15) is 0 Å². The molecule has 1 aromatic heterocycles. The van der Waals surface area contributed by atoms with Crippen molar-refractivity contribution < 1.29 is 9.53 Å². The zero-order valence-electron chi connectivity index (χ0n) is 15.7. The van der Waals surface area contributed by atoms with Crippen LogP contribution in [0.15, 0.2) is 60.8 Å². The van der Waals surface area contributed by atoms with E-state index in [1.54, 1.807) is 18.3 Å². The standard InChI is InChI=1S/C22H23N3O2/c1-4-27-20-9-7-18(8-10-20)24-21-14-17(11-12-23-21)22(26)25-19-6-5-15(2)16(3)13-19/h5-14H,4H2,1-3H3,(H,23,24)(H,25,26). The van der Waals surface area contributed by atoms with Crippen LogP contribution in [0.5, 0.6) is 5.75 Å². The first-order chi connectivity index (χ1) is 13.0. The van der Waals surface area contributed by atoms with Gasteiger partial charge in [0.15, 0.2) is 0 Å². The van der Waals surface area contributed by atoms with Crippen LogP contribution in [0.2, 0.25) is 0 Å². The van der Waals surface area contributed by atoms with Crippen molar-refractivity contribution in [1.82, 2.24) is 4.98 Å². The molecule has 3 aromatic rings. The van der Waals surface area contributed by atoms with E-state index >= 15 is 0 Å². The van der Waals surface area contributed by atoms with Crippen molar-refractivity contribution in [2.75, 3.05) is 17.2 Å². The average Bonchev–Trinajstić information content (AvgIpc) is 2.67. The van der Waals surface area contributed by atoms with Gasteiger partial charge in [0.05, 0.1) is 6.61 Å². The summed E-state index contributed by atoms with van der Waals surface area (Å²) in [5.41, 5.74) is 4.52. The Bertz CT molecular complexity index is 937. The molecule has 3 rings (SSSR count). The van der Waals surface area contributed by atoms with Gasteiger partial charge in [-0.25, -0.2) is 4.98 Å². The number of nitrogens with one attached hydrogen (secondary N) is 2. The van der Waals surface area contributed by atoms with Crippen molar-refractivity contribution in [3.05, 3.63) is 77.5 Å². The summed E-state index contributed by atoms with van der Waals surface area (Å²) in [6, 6.07) is 16.9. The molecular formula is C22H23N3O2. The van der Waals surface area contributed by atoms with Crippen LogP contribution in [-0.2, 0) is 0 Å². The molecule has 0 fully saturated rings. The van der Waals surface area contributed by atoms with Gasteiger partial charge in [0, 0.05) is 23.1 Å². The monoisotopic (exact) mass is 361 g/mol. The lowest BCUT2D eigenvalue weighted by molar-refractivity contribution is 0.102. The molecule has 5 heteroatoms. The van der Waals surface area contributed by atoms with Gasteiger partial charge >= 0.3 is 0 Å². The van der Waals surface area contributed by atoms with Gasteiger partial charge in [-0.05, 0) is 80.4 Å². The maximum atomic E-state index is 12.5. The Morgan fingerprint density at radius 3 is 2.41 bits per heavy atom. The van der Waals surface area contributed by atoms with E-state index in [-0.39, 0.29) is 5.91 Å². The molecule has 0 saturated heterocycles. The van der Waals surface area contributed by atoms with Crippen LogP contribution >= 0.6 is 0 Å². The number of amides is 1. The molecule has 5 nitrogen and oxygen atoms in total. The number of rotatable bonds is 6. The minimum atomic E-state index is -0.171. The quantitative estimate of drug-likeness (QED) is 0.642. The second kappa shape index (κ2) is 8.36. The highest BCUT2D eigenvalue weighted by molar-refractivity contribution is 6.04. The van der Waals surface area contributed by atoms with E-state index < -0.39 is 0 Å². The number of anilines is 3. The highest BCUT2D eigenvalue weighted by Crippen LogP contribution is 2.20. The maximum absolute atomic E-state index is 12.5. The Balaban J connectivity index is 1.70. The SMILES string of the molecule is CCOc1ccc(Nc2cc(C(=O)Nc3ccc(C)c(C)c3)ccn2)cc1. The first-order valence-corrected chi connectivity index (χ1v) is 8.89. The largest absolute Gasteiger partial charge is 0.494 e. The van der Waals surface area contributed by atoms with Gasteiger partial charge < -0.3 is 15.4 Å². The summed E-state index contributed by atoms with van der Waals surface area (Å²) in [7, 11) is 0. The molecule has 2 N–H and O–H groups in total. The number of benzene rings is 2. The predicted molar refractivity (Wildman–Crippen MR) is 109 cm³/mol. The van der Waals surface area contributed by atoms with E-state index in [2.05, 4.69) is 15.6 Å². The van der Waals surface area contributed by atoms with Crippen LogP contribution in [0.25, 0.3) is 0 Å². The number of carbonyl (C=O) groups excluding carboxylic acids is 1. The first kappa shape index (κ1) is 18.5. The number of aromatic nitrogens is 1. The molecule has 1 amide bonds. The van der Waals surface area contributed by atoms with Gasteiger partial charge in [0.1, 0.15) is 11.6 Å². The Hall–Kier alpha value is -3.34. The van der Waals surface area contributed by atoms with Gasteiger partial charge in [-0.3, -0.25) is 4.79 Å². The Kier molecular flexibility index (Phi) is 5.71. The van der Waals surface area contributed by atoms with Crippen LogP contribution < -0.4 is 15.4 Å². The number of aryl methyl sites for hydroxylation is 2. The maximum Gasteiger partial charge on any atom is 0.255 e. The smallest absolute Gasteiger partial charge is 0.255 e. The summed E-state index contributed by atoms with van der Waals surface area (Å²) in [5, 5.41) is 6.13. The zero-order valence-corrected chi connectivity index (χ0v) is 15.7. The highest BCUT2D eigenvalue weighted by atomic mass is 16.5. The molecule has 27 heavy (non-hydrogen) atoms.